The van der Waals surface area contributed by atoms with Crippen LogP contribution in [0.3, 0.4) is 0 Å². The molecule has 0 fully saturated rings. The van der Waals surface area contributed by atoms with Crippen molar-refractivity contribution in [3.05, 3.63) is 0 Å². The van der Waals surface area contributed by atoms with Crippen molar-refractivity contribution in [3.8, 4) is 0 Å². The summed E-state index contributed by atoms with van der Waals surface area (Å²) in [6, 6.07) is -4.94. The second-order valence-corrected chi connectivity index (χ2v) is 8.64. The van der Waals surface area contributed by atoms with E-state index in [1.807, 2.05) is 13.8 Å². The number of nitrogens with one attached hydrogen (secondary N) is 3. The SMILES string of the molecule is CSCCC(NC(=O)C(CO)NC(=O)C(CCC(=O)O)NC(=O)C(N)CC(C)C)C(=O)O. The first kappa shape index (κ1) is 29.6. The minimum absolute atomic E-state index is 0.109. The summed E-state index contributed by atoms with van der Waals surface area (Å²) in [6.45, 7) is 2.88. The molecule has 0 saturated carbocycles. The van der Waals surface area contributed by atoms with Crippen LogP contribution in [0, 0.1) is 5.92 Å². The third-order valence-electron chi connectivity index (χ3n) is 4.38. The van der Waals surface area contributed by atoms with Gasteiger partial charge in [0.05, 0.1) is 12.6 Å². The van der Waals surface area contributed by atoms with Gasteiger partial charge in [-0.05, 0) is 37.2 Å². The van der Waals surface area contributed by atoms with Gasteiger partial charge in [0.2, 0.25) is 17.7 Å². The van der Waals surface area contributed by atoms with Gasteiger partial charge >= 0.3 is 11.9 Å². The molecule has 0 aliphatic rings. The van der Waals surface area contributed by atoms with Gasteiger partial charge in [-0.3, -0.25) is 19.2 Å². The summed E-state index contributed by atoms with van der Waals surface area (Å²) < 4.78 is 0. The van der Waals surface area contributed by atoms with E-state index in [1.165, 1.54) is 11.8 Å². The average molecular weight is 479 g/mol. The third-order valence-corrected chi connectivity index (χ3v) is 5.03. The van der Waals surface area contributed by atoms with Crippen molar-refractivity contribution >= 4 is 41.4 Å². The highest BCUT2D eigenvalue weighted by atomic mass is 32.2. The first-order valence-corrected chi connectivity index (χ1v) is 11.5. The van der Waals surface area contributed by atoms with Gasteiger partial charge in [-0.25, -0.2) is 4.79 Å². The molecule has 0 spiro atoms. The lowest BCUT2D eigenvalue weighted by atomic mass is 10.0. The Morgan fingerprint density at radius 1 is 0.875 bits per heavy atom. The molecule has 13 heteroatoms. The number of hydrogen-bond acceptors (Lipinski definition) is 8. The lowest BCUT2D eigenvalue weighted by Gasteiger charge is -2.24. The predicted octanol–water partition coefficient (Wildman–Crippen LogP) is -1.49. The summed E-state index contributed by atoms with van der Waals surface area (Å²) in [5.41, 5.74) is 5.80. The zero-order chi connectivity index (χ0) is 24.8. The van der Waals surface area contributed by atoms with Crippen LogP contribution in [0.25, 0.3) is 0 Å². The maximum atomic E-state index is 12.6. The third kappa shape index (κ3) is 11.9. The van der Waals surface area contributed by atoms with Gasteiger partial charge in [0, 0.05) is 6.42 Å². The minimum atomic E-state index is -1.49. The van der Waals surface area contributed by atoms with E-state index in [1.54, 1.807) is 6.26 Å². The van der Waals surface area contributed by atoms with E-state index in [0.717, 1.165) is 0 Å². The molecule has 0 aromatic heterocycles. The standard InChI is InChI=1S/C19H34N4O8S/c1-10(2)8-11(20)16(27)21-12(4-5-15(25)26)17(28)23-14(9-24)18(29)22-13(19(30)31)6-7-32-3/h10-14,24H,4-9,20H2,1-3H3,(H,21,27)(H,22,29)(H,23,28)(H,25,26)(H,30,31). The fourth-order valence-corrected chi connectivity index (χ4v) is 3.13. The molecule has 4 atom stereocenters. The largest absolute Gasteiger partial charge is 0.481 e. The number of aliphatic hydroxyl groups is 1. The van der Waals surface area contributed by atoms with E-state index in [4.69, 9.17) is 10.8 Å². The molecule has 0 bridgehead atoms. The monoisotopic (exact) mass is 478 g/mol. The summed E-state index contributed by atoms with van der Waals surface area (Å²) in [7, 11) is 0. The van der Waals surface area contributed by atoms with Gasteiger partial charge in [-0.15, -0.1) is 0 Å². The van der Waals surface area contributed by atoms with E-state index < -0.39 is 66.9 Å². The Bertz CT molecular complexity index is 661. The second kappa shape index (κ2) is 15.4. The first-order valence-electron chi connectivity index (χ1n) is 10.1. The maximum absolute atomic E-state index is 12.6. The molecular weight excluding hydrogens is 444 g/mol. The van der Waals surface area contributed by atoms with Crippen molar-refractivity contribution in [2.24, 2.45) is 11.7 Å². The molecule has 8 N–H and O–H groups in total. The van der Waals surface area contributed by atoms with Crippen molar-refractivity contribution in [1.82, 2.24) is 16.0 Å². The van der Waals surface area contributed by atoms with Gasteiger partial charge in [0.15, 0.2) is 0 Å². The topological polar surface area (TPSA) is 208 Å². The number of rotatable bonds is 16. The van der Waals surface area contributed by atoms with Crippen LogP contribution in [0.15, 0.2) is 0 Å². The Kier molecular flexibility index (Phi) is 14.3. The lowest BCUT2D eigenvalue weighted by Crippen LogP contribution is -2.58. The zero-order valence-corrected chi connectivity index (χ0v) is 19.3. The first-order chi connectivity index (χ1) is 14.9. The quantitative estimate of drug-likeness (QED) is 0.137. The Labute approximate surface area is 191 Å². The van der Waals surface area contributed by atoms with Crippen LogP contribution < -0.4 is 21.7 Å². The van der Waals surface area contributed by atoms with E-state index in [0.29, 0.717) is 12.2 Å². The van der Waals surface area contributed by atoms with Crippen LogP contribution in [0.1, 0.15) is 39.5 Å². The molecule has 0 saturated heterocycles. The molecule has 184 valence electrons. The number of aliphatic hydroxyl groups excluding tert-OH is 1. The molecular formula is C19H34N4O8S. The van der Waals surface area contributed by atoms with Crippen LogP contribution in [0.5, 0.6) is 0 Å². The lowest BCUT2D eigenvalue weighted by molar-refractivity contribution is -0.142. The number of carbonyl (C=O) groups excluding carboxylic acids is 3. The number of aliphatic carboxylic acids is 2. The van der Waals surface area contributed by atoms with Crippen molar-refractivity contribution in [3.63, 3.8) is 0 Å². The van der Waals surface area contributed by atoms with Crippen LogP contribution >= 0.6 is 11.8 Å². The smallest absolute Gasteiger partial charge is 0.326 e. The van der Waals surface area contributed by atoms with E-state index >= 15 is 0 Å². The summed E-state index contributed by atoms with van der Waals surface area (Å²) in [6.07, 6.45) is 1.54. The molecule has 0 radical (unpaired) electrons. The number of amides is 3. The number of carboxylic acids is 2. The van der Waals surface area contributed by atoms with Crippen molar-refractivity contribution in [1.29, 1.82) is 0 Å². The molecule has 12 nitrogen and oxygen atoms in total. The van der Waals surface area contributed by atoms with E-state index in [-0.39, 0.29) is 18.8 Å². The Morgan fingerprint density at radius 2 is 1.41 bits per heavy atom. The Morgan fingerprint density at radius 3 is 1.88 bits per heavy atom. The molecule has 0 rings (SSSR count). The highest BCUT2D eigenvalue weighted by Crippen LogP contribution is 2.06. The fourth-order valence-electron chi connectivity index (χ4n) is 2.66. The normalized spacial score (nSPS) is 14.7. The second-order valence-electron chi connectivity index (χ2n) is 7.65. The molecule has 0 aliphatic carbocycles. The molecule has 0 aromatic carbocycles. The Hall–Kier alpha value is -2.38. The fraction of sp³-hybridized carbons (Fsp3) is 0.737. The molecule has 0 heterocycles. The number of hydrogen-bond donors (Lipinski definition) is 7. The van der Waals surface area contributed by atoms with E-state index in [9.17, 15) is 34.2 Å². The summed E-state index contributed by atoms with van der Waals surface area (Å²) in [4.78, 5) is 59.5. The zero-order valence-electron chi connectivity index (χ0n) is 18.5. The Balaban J connectivity index is 5.25. The summed E-state index contributed by atoms with van der Waals surface area (Å²) in [5.74, 6) is -4.36. The predicted molar refractivity (Wildman–Crippen MR) is 118 cm³/mol. The highest BCUT2D eigenvalue weighted by Gasteiger charge is 2.30. The van der Waals surface area contributed by atoms with Gasteiger partial charge in [-0.2, -0.15) is 11.8 Å². The van der Waals surface area contributed by atoms with Crippen LogP contribution in [-0.4, -0.2) is 87.8 Å². The van der Waals surface area contributed by atoms with E-state index in [2.05, 4.69) is 16.0 Å². The average Bonchev–Trinajstić information content (AvgIpc) is 2.70. The van der Waals surface area contributed by atoms with Crippen LogP contribution in [0.2, 0.25) is 0 Å². The molecule has 4 unspecified atom stereocenters. The van der Waals surface area contributed by atoms with Gasteiger partial charge < -0.3 is 37.0 Å². The van der Waals surface area contributed by atoms with Gasteiger partial charge in [-0.1, -0.05) is 13.8 Å². The van der Waals surface area contributed by atoms with Gasteiger partial charge in [0.25, 0.3) is 0 Å². The molecule has 32 heavy (non-hydrogen) atoms. The number of thioether (sulfide) groups is 1. The van der Waals surface area contributed by atoms with Crippen molar-refractivity contribution < 1.29 is 39.3 Å². The van der Waals surface area contributed by atoms with Crippen LogP contribution in [0.4, 0.5) is 0 Å². The number of nitrogens with two attached hydrogens (primary N) is 1. The van der Waals surface area contributed by atoms with Crippen molar-refractivity contribution in [2.75, 3.05) is 18.6 Å². The van der Waals surface area contributed by atoms with Crippen LogP contribution in [-0.2, 0) is 24.0 Å². The number of carbonyl (C=O) groups is 5. The highest BCUT2D eigenvalue weighted by molar-refractivity contribution is 7.98. The minimum Gasteiger partial charge on any atom is -0.481 e. The summed E-state index contributed by atoms with van der Waals surface area (Å²) >= 11 is 1.39. The maximum Gasteiger partial charge on any atom is 0.326 e. The summed E-state index contributed by atoms with van der Waals surface area (Å²) in [5, 5.41) is 34.5. The van der Waals surface area contributed by atoms with Gasteiger partial charge in [0.1, 0.15) is 18.1 Å². The van der Waals surface area contributed by atoms with Crippen molar-refractivity contribution in [2.45, 2.75) is 63.7 Å². The molecule has 3 amide bonds. The molecule has 0 aliphatic heterocycles. The number of carboxylic acid groups (broad SMARTS) is 2. The molecule has 0 aromatic rings.